The molecule has 27 heavy (non-hydrogen) atoms. The van der Waals surface area contributed by atoms with Crippen molar-refractivity contribution in [2.45, 2.75) is 12.5 Å². The van der Waals surface area contributed by atoms with Crippen LogP contribution >= 0.6 is 0 Å². The molecule has 2 rings (SSSR count). The Hall–Kier alpha value is -2.86. The Balaban J connectivity index is 1.95. The molecular weight excluding hydrogens is 372 g/mol. The Morgan fingerprint density at radius 2 is 2.00 bits per heavy atom. The Bertz CT molecular complexity index is 883. The predicted octanol–water partition coefficient (Wildman–Crippen LogP) is 0.791. The third-order valence-corrected chi connectivity index (χ3v) is 5.99. The van der Waals surface area contributed by atoms with Crippen LogP contribution in [0.4, 0.5) is 0 Å². The van der Waals surface area contributed by atoms with Crippen molar-refractivity contribution in [2.75, 3.05) is 32.3 Å². The first-order chi connectivity index (χ1) is 12.8. The van der Waals surface area contributed by atoms with E-state index in [1.54, 1.807) is 30.3 Å². The Kier molecular flexibility index (Phi) is 6.58. The van der Waals surface area contributed by atoms with Crippen LogP contribution in [0.5, 0.6) is 5.75 Å². The second-order valence-electron chi connectivity index (χ2n) is 6.08. The van der Waals surface area contributed by atoms with E-state index in [-0.39, 0.29) is 17.1 Å². The molecule has 0 aliphatic carbocycles. The summed E-state index contributed by atoms with van der Waals surface area (Å²) in [6.07, 6.45) is 1.71. The second-order valence-corrected chi connectivity index (χ2v) is 8.31. The minimum atomic E-state index is -3.13. The Labute approximate surface area is 157 Å². The van der Waals surface area contributed by atoms with Gasteiger partial charge in [-0.15, -0.1) is 0 Å². The quantitative estimate of drug-likeness (QED) is 0.399. The molecular formula is C18H20N2O6S. The van der Waals surface area contributed by atoms with Gasteiger partial charge in [-0.2, -0.15) is 5.26 Å². The van der Waals surface area contributed by atoms with Gasteiger partial charge >= 0.3 is 5.97 Å². The summed E-state index contributed by atoms with van der Waals surface area (Å²) in [6, 6.07) is 8.03. The van der Waals surface area contributed by atoms with E-state index >= 15 is 0 Å². The fraction of sp³-hybridized carbons (Fsp3) is 0.389. The lowest BCUT2D eigenvalue weighted by molar-refractivity contribution is -0.148. The zero-order valence-electron chi connectivity index (χ0n) is 15.0. The molecule has 1 aliphatic heterocycles. The van der Waals surface area contributed by atoms with Crippen LogP contribution in [0.1, 0.15) is 12.0 Å². The van der Waals surface area contributed by atoms with Gasteiger partial charge in [-0.05, 0) is 30.2 Å². The summed E-state index contributed by atoms with van der Waals surface area (Å²) in [5, 5.41) is 9.16. The predicted molar refractivity (Wildman–Crippen MR) is 97.4 cm³/mol. The van der Waals surface area contributed by atoms with Crippen molar-refractivity contribution in [3.8, 4) is 11.8 Å². The van der Waals surface area contributed by atoms with Crippen molar-refractivity contribution in [2.24, 2.45) is 0 Å². The van der Waals surface area contributed by atoms with Crippen molar-refractivity contribution in [1.82, 2.24) is 4.90 Å². The van der Waals surface area contributed by atoms with Gasteiger partial charge in [0.1, 0.15) is 17.4 Å². The van der Waals surface area contributed by atoms with Gasteiger partial charge in [-0.1, -0.05) is 12.1 Å². The summed E-state index contributed by atoms with van der Waals surface area (Å²) >= 11 is 0. The summed E-state index contributed by atoms with van der Waals surface area (Å²) in [7, 11) is -0.127. The normalized spacial score (nSPS) is 18.4. The molecule has 0 unspecified atom stereocenters. The molecule has 1 atom stereocenters. The molecule has 1 aromatic carbocycles. The van der Waals surface area contributed by atoms with E-state index in [1.807, 2.05) is 0 Å². The Morgan fingerprint density at radius 3 is 2.52 bits per heavy atom. The van der Waals surface area contributed by atoms with Crippen LogP contribution in [0.15, 0.2) is 29.8 Å². The highest BCUT2D eigenvalue weighted by atomic mass is 32.2. The van der Waals surface area contributed by atoms with Gasteiger partial charge < -0.3 is 14.4 Å². The maximum absolute atomic E-state index is 12.1. The monoisotopic (exact) mass is 392 g/mol. The van der Waals surface area contributed by atoms with E-state index in [9.17, 15) is 18.0 Å². The zero-order valence-corrected chi connectivity index (χ0v) is 15.9. The van der Waals surface area contributed by atoms with Gasteiger partial charge in [0.15, 0.2) is 16.4 Å². The van der Waals surface area contributed by atoms with E-state index in [4.69, 9.17) is 14.7 Å². The van der Waals surface area contributed by atoms with Gasteiger partial charge in [0, 0.05) is 13.1 Å². The molecule has 0 N–H and O–H groups in total. The topological polar surface area (TPSA) is 114 Å². The van der Waals surface area contributed by atoms with Crippen LogP contribution in [0, 0.1) is 11.3 Å². The lowest BCUT2D eigenvalue weighted by atomic mass is 10.1. The average molecular weight is 392 g/mol. The number of amides is 1. The molecule has 1 fully saturated rings. The lowest BCUT2D eigenvalue weighted by Crippen LogP contribution is -2.40. The summed E-state index contributed by atoms with van der Waals surface area (Å²) in [5.41, 5.74) is 0.350. The molecule has 0 spiro atoms. The maximum atomic E-state index is 12.1. The highest BCUT2D eigenvalue weighted by molar-refractivity contribution is 7.91. The Morgan fingerprint density at radius 1 is 1.33 bits per heavy atom. The van der Waals surface area contributed by atoms with Gasteiger partial charge in [-0.25, -0.2) is 13.2 Å². The molecule has 1 aliphatic rings. The first-order valence-electron chi connectivity index (χ1n) is 8.15. The molecule has 0 bridgehead atoms. The van der Waals surface area contributed by atoms with E-state index in [1.165, 1.54) is 25.1 Å². The number of ether oxygens (including phenoxy) is 2. The molecule has 0 aromatic heterocycles. The molecule has 1 saturated heterocycles. The van der Waals surface area contributed by atoms with E-state index < -0.39 is 34.4 Å². The third-order valence-electron chi connectivity index (χ3n) is 4.24. The number of benzene rings is 1. The van der Waals surface area contributed by atoms with Crippen LogP contribution in [0.25, 0.3) is 6.08 Å². The minimum absolute atomic E-state index is 0.0399. The van der Waals surface area contributed by atoms with Crippen molar-refractivity contribution in [1.29, 1.82) is 5.26 Å². The van der Waals surface area contributed by atoms with Gasteiger partial charge in [0.2, 0.25) is 0 Å². The number of nitrogens with zero attached hydrogens (tertiary/aromatic N) is 2. The highest BCUT2D eigenvalue weighted by Crippen LogP contribution is 2.17. The van der Waals surface area contributed by atoms with E-state index in [0.29, 0.717) is 17.7 Å². The summed E-state index contributed by atoms with van der Waals surface area (Å²) in [6.45, 7) is -0.562. The van der Waals surface area contributed by atoms with Crippen LogP contribution in [0.2, 0.25) is 0 Å². The van der Waals surface area contributed by atoms with Crippen LogP contribution in [-0.4, -0.2) is 63.5 Å². The molecule has 1 aromatic rings. The second kappa shape index (κ2) is 8.68. The fourth-order valence-electron chi connectivity index (χ4n) is 2.59. The van der Waals surface area contributed by atoms with Gasteiger partial charge in [0.25, 0.3) is 5.91 Å². The lowest BCUT2D eigenvalue weighted by Gasteiger charge is -2.23. The molecule has 144 valence electrons. The number of hydrogen-bond acceptors (Lipinski definition) is 7. The van der Waals surface area contributed by atoms with Crippen molar-refractivity contribution in [3.63, 3.8) is 0 Å². The van der Waals surface area contributed by atoms with Crippen molar-refractivity contribution in [3.05, 3.63) is 35.4 Å². The summed E-state index contributed by atoms with van der Waals surface area (Å²) < 4.78 is 32.9. The molecule has 8 nitrogen and oxygen atoms in total. The molecule has 1 heterocycles. The van der Waals surface area contributed by atoms with Crippen LogP contribution < -0.4 is 4.74 Å². The molecule has 0 saturated carbocycles. The fourth-order valence-corrected chi connectivity index (χ4v) is 4.37. The smallest absolute Gasteiger partial charge is 0.349 e. The number of rotatable bonds is 6. The van der Waals surface area contributed by atoms with Gasteiger partial charge in [0.05, 0.1) is 18.6 Å². The highest BCUT2D eigenvalue weighted by Gasteiger charge is 2.33. The standard InChI is InChI=1S/C18H20N2O6S/c1-20(15-7-8-27(23,24)12-15)17(21)11-26-18(22)14(10-19)9-13-3-5-16(25-2)6-4-13/h3-6,9,15H,7-8,11-12H2,1-2H3/b14-9+/t15-/m1/s1. The SMILES string of the molecule is COc1ccc(/C=C(\C#N)C(=O)OCC(=O)N(C)[C@@H]2CCS(=O)(=O)C2)cc1. The minimum Gasteiger partial charge on any atom is -0.497 e. The van der Waals surface area contributed by atoms with E-state index in [0.717, 1.165) is 0 Å². The number of hydrogen-bond donors (Lipinski definition) is 0. The van der Waals surface area contributed by atoms with Crippen LogP contribution in [-0.2, 0) is 24.2 Å². The first kappa shape index (κ1) is 20.5. The number of carbonyl (C=O) groups excluding carboxylic acids is 2. The number of nitriles is 1. The van der Waals surface area contributed by atoms with Crippen molar-refractivity contribution < 1.29 is 27.5 Å². The molecule has 1 amide bonds. The molecule has 9 heteroatoms. The number of esters is 1. The number of methoxy groups -OCH3 is 1. The van der Waals surface area contributed by atoms with E-state index in [2.05, 4.69) is 0 Å². The largest absolute Gasteiger partial charge is 0.497 e. The van der Waals surface area contributed by atoms with Crippen LogP contribution in [0.3, 0.4) is 0 Å². The van der Waals surface area contributed by atoms with Gasteiger partial charge in [-0.3, -0.25) is 4.79 Å². The number of likely N-dealkylation sites (N-methyl/N-ethyl adjacent to an activating group) is 1. The number of carbonyl (C=O) groups is 2. The average Bonchev–Trinajstić information content (AvgIpc) is 3.03. The van der Waals surface area contributed by atoms with Crippen molar-refractivity contribution >= 4 is 27.8 Å². The summed E-state index contributed by atoms with van der Waals surface area (Å²) in [4.78, 5) is 25.4. The first-order valence-corrected chi connectivity index (χ1v) is 9.97. The number of sulfone groups is 1. The summed E-state index contributed by atoms with van der Waals surface area (Å²) in [5.74, 6) is -0.862. The third kappa shape index (κ3) is 5.56. The maximum Gasteiger partial charge on any atom is 0.349 e. The zero-order chi connectivity index (χ0) is 20.0. The molecule has 0 radical (unpaired) electrons.